The van der Waals surface area contributed by atoms with E-state index in [1.807, 2.05) is 48.8 Å². The molecule has 1 aromatic carbocycles. The van der Waals surface area contributed by atoms with Crippen molar-refractivity contribution >= 4 is 40.4 Å². The standard InChI is InChI=1S/C14H15ClIN3O2/c1-3-21-11-4-5-12(13(15)6-11)9(2)18-14(20)10-7-17-19(16)8-10/h4-9H,3H2,1-2H3,(H,18,20). The fourth-order valence-corrected chi connectivity index (χ4v) is 2.65. The van der Waals surface area contributed by atoms with Crippen LogP contribution in [0.5, 0.6) is 5.75 Å². The Labute approximate surface area is 142 Å². The van der Waals surface area contributed by atoms with Gasteiger partial charge in [-0.05, 0) is 31.5 Å². The van der Waals surface area contributed by atoms with Gasteiger partial charge in [0.05, 0.1) is 47.3 Å². The van der Waals surface area contributed by atoms with Crippen LogP contribution in [0.2, 0.25) is 5.02 Å². The number of amides is 1. The molecule has 0 bridgehead atoms. The van der Waals surface area contributed by atoms with Gasteiger partial charge in [-0.1, -0.05) is 17.7 Å². The maximum absolute atomic E-state index is 12.1. The van der Waals surface area contributed by atoms with Gasteiger partial charge in [0.1, 0.15) is 5.75 Å². The van der Waals surface area contributed by atoms with Crippen molar-refractivity contribution in [2.75, 3.05) is 6.61 Å². The van der Waals surface area contributed by atoms with Crippen molar-refractivity contribution in [2.45, 2.75) is 19.9 Å². The Bertz CT molecular complexity index is 645. The van der Waals surface area contributed by atoms with E-state index in [0.29, 0.717) is 17.2 Å². The first-order valence-corrected chi connectivity index (χ1v) is 7.79. The van der Waals surface area contributed by atoms with Gasteiger partial charge in [0.15, 0.2) is 0 Å². The molecule has 0 radical (unpaired) electrons. The summed E-state index contributed by atoms with van der Waals surface area (Å²) in [6.45, 7) is 4.38. The second-order valence-corrected chi connectivity index (χ2v) is 5.82. The number of rotatable bonds is 5. The molecule has 0 aliphatic carbocycles. The van der Waals surface area contributed by atoms with Gasteiger partial charge in [-0.2, -0.15) is 5.10 Å². The Balaban J connectivity index is 2.09. The highest BCUT2D eigenvalue weighted by molar-refractivity contribution is 14.1. The molecule has 5 nitrogen and oxygen atoms in total. The molecule has 0 aliphatic rings. The first-order chi connectivity index (χ1) is 10.0. The summed E-state index contributed by atoms with van der Waals surface area (Å²) in [5.74, 6) is 0.534. The lowest BCUT2D eigenvalue weighted by atomic mass is 10.1. The molecule has 1 N–H and O–H groups in total. The van der Waals surface area contributed by atoms with E-state index in [2.05, 4.69) is 10.4 Å². The topological polar surface area (TPSA) is 56.1 Å². The summed E-state index contributed by atoms with van der Waals surface area (Å²) in [4.78, 5) is 12.1. The number of aromatic nitrogens is 2. The summed E-state index contributed by atoms with van der Waals surface area (Å²) < 4.78 is 6.95. The number of hydrogen-bond donors (Lipinski definition) is 1. The maximum Gasteiger partial charge on any atom is 0.254 e. The minimum absolute atomic E-state index is 0.185. The van der Waals surface area contributed by atoms with Gasteiger partial charge < -0.3 is 10.1 Å². The molecule has 0 spiro atoms. The molecule has 2 rings (SSSR count). The summed E-state index contributed by atoms with van der Waals surface area (Å²) >= 11 is 8.23. The molecular weight excluding hydrogens is 405 g/mol. The lowest BCUT2D eigenvalue weighted by Gasteiger charge is -2.16. The Morgan fingerprint density at radius 3 is 2.90 bits per heavy atom. The van der Waals surface area contributed by atoms with Crippen LogP contribution in [-0.4, -0.2) is 20.5 Å². The highest BCUT2D eigenvalue weighted by atomic mass is 127. The predicted octanol–water partition coefficient (Wildman–Crippen LogP) is 3.62. The average Bonchev–Trinajstić information content (AvgIpc) is 2.86. The normalized spacial score (nSPS) is 12.0. The van der Waals surface area contributed by atoms with Crippen LogP contribution in [0.25, 0.3) is 0 Å². The third-order valence-electron chi connectivity index (χ3n) is 2.91. The van der Waals surface area contributed by atoms with E-state index < -0.39 is 0 Å². The summed E-state index contributed by atoms with van der Waals surface area (Å²) in [5, 5.41) is 7.43. The fraction of sp³-hybridized carbons (Fsp3) is 0.286. The Hall–Kier alpha value is -1.28. The number of nitrogens with one attached hydrogen (secondary N) is 1. The second kappa shape index (κ2) is 7.13. The Morgan fingerprint density at radius 2 is 2.33 bits per heavy atom. The molecule has 7 heteroatoms. The number of hydrogen-bond acceptors (Lipinski definition) is 3. The molecular formula is C14H15ClIN3O2. The number of carbonyl (C=O) groups is 1. The van der Waals surface area contributed by atoms with Crippen LogP contribution in [0.4, 0.5) is 0 Å². The highest BCUT2D eigenvalue weighted by Crippen LogP contribution is 2.27. The molecule has 2 aromatic rings. The van der Waals surface area contributed by atoms with E-state index in [4.69, 9.17) is 16.3 Å². The van der Waals surface area contributed by atoms with Gasteiger partial charge in [-0.3, -0.25) is 4.79 Å². The fourth-order valence-electron chi connectivity index (χ4n) is 1.89. The van der Waals surface area contributed by atoms with E-state index in [1.165, 1.54) is 6.20 Å². The number of nitrogens with zero attached hydrogens (tertiary/aromatic N) is 2. The summed E-state index contributed by atoms with van der Waals surface area (Å²) in [6, 6.07) is 5.25. The van der Waals surface area contributed by atoms with E-state index in [1.54, 1.807) is 15.2 Å². The van der Waals surface area contributed by atoms with Crippen LogP contribution in [0.1, 0.15) is 35.8 Å². The molecule has 1 atom stereocenters. The molecule has 0 aliphatic heterocycles. The lowest BCUT2D eigenvalue weighted by molar-refractivity contribution is 0.0940. The van der Waals surface area contributed by atoms with Crippen LogP contribution in [-0.2, 0) is 0 Å². The first-order valence-electron chi connectivity index (χ1n) is 6.45. The van der Waals surface area contributed by atoms with Gasteiger partial charge in [0.2, 0.25) is 0 Å². The minimum atomic E-state index is -0.210. The number of carbonyl (C=O) groups excluding carboxylic acids is 1. The van der Waals surface area contributed by atoms with Crippen molar-refractivity contribution in [2.24, 2.45) is 0 Å². The van der Waals surface area contributed by atoms with Gasteiger partial charge in [-0.25, -0.2) is 2.90 Å². The molecule has 112 valence electrons. The largest absolute Gasteiger partial charge is 0.494 e. The SMILES string of the molecule is CCOc1ccc(C(C)NC(=O)c2cnn(I)c2)c(Cl)c1. The smallest absolute Gasteiger partial charge is 0.254 e. The molecule has 1 heterocycles. The number of halogens is 2. The maximum atomic E-state index is 12.1. The molecule has 0 saturated carbocycles. The third kappa shape index (κ3) is 4.10. The van der Waals surface area contributed by atoms with Crippen LogP contribution < -0.4 is 10.1 Å². The number of benzene rings is 1. The van der Waals surface area contributed by atoms with Crippen LogP contribution in [0, 0.1) is 0 Å². The number of ether oxygens (including phenoxy) is 1. The van der Waals surface area contributed by atoms with E-state index in [9.17, 15) is 4.79 Å². The molecule has 0 saturated heterocycles. The average molecular weight is 420 g/mol. The monoisotopic (exact) mass is 419 g/mol. The van der Waals surface area contributed by atoms with Gasteiger partial charge in [0, 0.05) is 11.2 Å². The lowest BCUT2D eigenvalue weighted by Crippen LogP contribution is -2.26. The zero-order valence-corrected chi connectivity index (χ0v) is 14.6. The van der Waals surface area contributed by atoms with Crippen molar-refractivity contribution in [3.8, 4) is 5.75 Å². The minimum Gasteiger partial charge on any atom is -0.494 e. The van der Waals surface area contributed by atoms with E-state index in [-0.39, 0.29) is 11.9 Å². The molecule has 21 heavy (non-hydrogen) atoms. The van der Waals surface area contributed by atoms with E-state index in [0.717, 1.165) is 11.3 Å². The van der Waals surface area contributed by atoms with Gasteiger partial charge in [-0.15, -0.1) is 0 Å². The van der Waals surface area contributed by atoms with Crippen LogP contribution >= 0.6 is 34.5 Å². The van der Waals surface area contributed by atoms with Gasteiger partial charge in [0.25, 0.3) is 5.91 Å². The zero-order valence-electron chi connectivity index (χ0n) is 11.6. The van der Waals surface area contributed by atoms with Crippen molar-refractivity contribution in [1.82, 2.24) is 13.3 Å². The van der Waals surface area contributed by atoms with Crippen molar-refractivity contribution < 1.29 is 9.53 Å². The Kier molecular flexibility index (Phi) is 5.46. The van der Waals surface area contributed by atoms with Crippen molar-refractivity contribution in [3.63, 3.8) is 0 Å². The second-order valence-electron chi connectivity index (χ2n) is 4.43. The summed E-state index contributed by atoms with van der Waals surface area (Å²) in [6.07, 6.45) is 3.18. The van der Waals surface area contributed by atoms with Crippen LogP contribution in [0.3, 0.4) is 0 Å². The van der Waals surface area contributed by atoms with Crippen molar-refractivity contribution in [3.05, 3.63) is 46.7 Å². The summed E-state index contributed by atoms with van der Waals surface area (Å²) in [7, 11) is 0. The Morgan fingerprint density at radius 1 is 1.57 bits per heavy atom. The first kappa shape index (κ1) is 16.1. The molecule has 1 aromatic heterocycles. The summed E-state index contributed by atoms with van der Waals surface area (Å²) in [5.41, 5.74) is 1.36. The molecule has 1 amide bonds. The third-order valence-corrected chi connectivity index (χ3v) is 3.77. The quantitative estimate of drug-likeness (QED) is 0.753. The van der Waals surface area contributed by atoms with Gasteiger partial charge >= 0.3 is 0 Å². The van der Waals surface area contributed by atoms with Crippen LogP contribution in [0.15, 0.2) is 30.6 Å². The molecule has 0 fully saturated rings. The predicted molar refractivity (Wildman–Crippen MR) is 90.1 cm³/mol. The molecule has 1 unspecified atom stereocenters. The zero-order chi connectivity index (χ0) is 15.4. The highest BCUT2D eigenvalue weighted by Gasteiger charge is 2.15. The van der Waals surface area contributed by atoms with Crippen molar-refractivity contribution in [1.29, 1.82) is 0 Å². The van der Waals surface area contributed by atoms with E-state index >= 15 is 0 Å².